The van der Waals surface area contributed by atoms with Crippen molar-refractivity contribution in [1.82, 2.24) is 14.8 Å². The molecule has 1 aromatic rings. The van der Waals surface area contributed by atoms with Crippen LogP contribution in [0.3, 0.4) is 0 Å². The lowest BCUT2D eigenvalue weighted by Crippen LogP contribution is -2.52. The van der Waals surface area contributed by atoms with Gasteiger partial charge in [0.25, 0.3) is 5.91 Å². The second kappa shape index (κ2) is 7.53. The third-order valence-corrected chi connectivity index (χ3v) is 7.16. The highest BCUT2D eigenvalue weighted by Gasteiger charge is 2.61. The molecule has 3 aliphatic rings. The highest BCUT2D eigenvalue weighted by atomic mass is 16.3. The summed E-state index contributed by atoms with van der Waals surface area (Å²) in [5, 5.41) is 0. The Balaban J connectivity index is 1.64. The van der Waals surface area contributed by atoms with Gasteiger partial charge in [0, 0.05) is 25.2 Å². The number of aromatic nitrogens is 1. The van der Waals surface area contributed by atoms with Crippen molar-refractivity contribution in [2.45, 2.75) is 84.2 Å². The zero-order valence-electron chi connectivity index (χ0n) is 17.4. The van der Waals surface area contributed by atoms with Crippen LogP contribution in [-0.2, 0) is 4.79 Å². The van der Waals surface area contributed by atoms with E-state index in [0.29, 0.717) is 23.3 Å². The molecular weight excluding hydrogens is 354 g/mol. The molecule has 2 bridgehead atoms. The van der Waals surface area contributed by atoms with Crippen molar-refractivity contribution < 1.29 is 14.0 Å². The maximum Gasteiger partial charge on any atom is 0.276 e. The molecule has 1 aromatic heterocycles. The molecule has 2 amide bonds. The zero-order chi connectivity index (χ0) is 19.9. The predicted octanol–water partition coefficient (Wildman–Crippen LogP) is 3.80. The molecule has 3 aliphatic heterocycles. The fourth-order valence-electron chi connectivity index (χ4n) is 5.69. The first-order valence-electron chi connectivity index (χ1n) is 11.0. The van der Waals surface area contributed by atoms with Gasteiger partial charge < -0.3 is 14.2 Å². The molecule has 3 atom stereocenters. The first-order chi connectivity index (χ1) is 13.4. The van der Waals surface area contributed by atoms with E-state index in [9.17, 15) is 9.59 Å². The number of hydrogen-bond donors (Lipinski definition) is 0. The van der Waals surface area contributed by atoms with Crippen molar-refractivity contribution in [3.8, 4) is 0 Å². The van der Waals surface area contributed by atoms with E-state index in [-0.39, 0.29) is 18.0 Å². The Hall–Kier alpha value is -1.85. The third-order valence-electron chi connectivity index (χ3n) is 7.16. The number of aryl methyl sites for hydroxylation is 1. The van der Waals surface area contributed by atoms with Gasteiger partial charge in [-0.25, -0.2) is 4.98 Å². The number of amides is 2. The predicted molar refractivity (Wildman–Crippen MR) is 106 cm³/mol. The van der Waals surface area contributed by atoms with Gasteiger partial charge in [0.05, 0.1) is 5.41 Å². The van der Waals surface area contributed by atoms with Gasteiger partial charge in [0.15, 0.2) is 12.1 Å². The second-order valence-corrected chi connectivity index (χ2v) is 9.36. The molecule has 0 radical (unpaired) electrons. The number of oxazole rings is 1. The van der Waals surface area contributed by atoms with Crippen molar-refractivity contribution in [3.63, 3.8) is 0 Å². The maximum absolute atomic E-state index is 13.8. The van der Waals surface area contributed by atoms with Crippen LogP contribution in [0.5, 0.6) is 0 Å². The minimum atomic E-state index is -0.419. The molecular formula is C22H33N3O3. The van der Waals surface area contributed by atoms with Crippen LogP contribution in [0.1, 0.15) is 81.5 Å². The Morgan fingerprint density at radius 3 is 2.64 bits per heavy atom. The third kappa shape index (κ3) is 3.15. The van der Waals surface area contributed by atoms with Crippen LogP contribution in [0.15, 0.2) is 10.8 Å². The van der Waals surface area contributed by atoms with Crippen molar-refractivity contribution in [2.24, 2.45) is 11.3 Å². The summed E-state index contributed by atoms with van der Waals surface area (Å²) < 4.78 is 5.28. The Morgan fingerprint density at radius 1 is 1.25 bits per heavy atom. The SMILES string of the molecule is Cc1ocnc1C(=O)N1[C@@H]2CC[C@H]1[C@@](CCC(C)C)(C(=O)N1CCCCC1)C2. The molecule has 0 spiro atoms. The van der Waals surface area contributed by atoms with Crippen LogP contribution >= 0.6 is 0 Å². The summed E-state index contributed by atoms with van der Waals surface area (Å²) in [4.78, 5) is 35.3. The van der Waals surface area contributed by atoms with E-state index < -0.39 is 5.41 Å². The molecule has 3 fully saturated rings. The van der Waals surface area contributed by atoms with Gasteiger partial charge in [-0.3, -0.25) is 9.59 Å². The molecule has 154 valence electrons. The van der Waals surface area contributed by atoms with Gasteiger partial charge in [-0.05, 0) is 64.2 Å². The molecule has 3 saturated heterocycles. The molecule has 28 heavy (non-hydrogen) atoms. The molecule has 0 aliphatic carbocycles. The molecule has 6 nitrogen and oxygen atoms in total. The zero-order valence-corrected chi connectivity index (χ0v) is 17.4. The molecule has 6 heteroatoms. The van der Waals surface area contributed by atoms with E-state index in [1.54, 1.807) is 6.92 Å². The molecule has 4 heterocycles. The summed E-state index contributed by atoms with van der Waals surface area (Å²) in [6.07, 6.45) is 9.37. The average Bonchev–Trinajstić information content (AvgIpc) is 3.39. The van der Waals surface area contributed by atoms with Gasteiger partial charge in [0.1, 0.15) is 5.76 Å². The molecule has 0 N–H and O–H groups in total. The van der Waals surface area contributed by atoms with Crippen molar-refractivity contribution in [3.05, 3.63) is 17.8 Å². The van der Waals surface area contributed by atoms with Gasteiger partial charge >= 0.3 is 0 Å². The van der Waals surface area contributed by atoms with E-state index in [4.69, 9.17) is 4.42 Å². The molecule has 4 rings (SSSR count). The number of carbonyl (C=O) groups excluding carboxylic acids is 2. The number of likely N-dealkylation sites (tertiary alicyclic amines) is 1. The summed E-state index contributed by atoms with van der Waals surface area (Å²) in [6.45, 7) is 7.96. The van der Waals surface area contributed by atoms with E-state index in [0.717, 1.165) is 58.0 Å². The number of fused-ring (bicyclic) bond motifs is 2. The minimum Gasteiger partial charge on any atom is -0.448 e. The van der Waals surface area contributed by atoms with Crippen molar-refractivity contribution >= 4 is 11.8 Å². The fourth-order valence-corrected chi connectivity index (χ4v) is 5.69. The highest BCUT2D eigenvalue weighted by Crippen LogP contribution is 2.54. The largest absolute Gasteiger partial charge is 0.448 e. The number of hydrogen-bond acceptors (Lipinski definition) is 4. The lowest BCUT2D eigenvalue weighted by atomic mass is 9.68. The van der Waals surface area contributed by atoms with E-state index in [1.165, 1.54) is 12.8 Å². The van der Waals surface area contributed by atoms with Gasteiger partial charge in [-0.15, -0.1) is 0 Å². The first-order valence-corrected chi connectivity index (χ1v) is 11.0. The van der Waals surface area contributed by atoms with E-state index in [1.807, 2.05) is 4.90 Å². The van der Waals surface area contributed by atoms with Gasteiger partial charge in [-0.1, -0.05) is 13.8 Å². The smallest absolute Gasteiger partial charge is 0.276 e. The second-order valence-electron chi connectivity index (χ2n) is 9.36. The van der Waals surface area contributed by atoms with Crippen LogP contribution in [0.25, 0.3) is 0 Å². The van der Waals surface area contributed by atoms with Gasteiger partial charge in [-0.2, -0.15) is 0 Å². The van der Waals surface area contributed by atoms with Crippen molar-refractivity contribution in [2.75, 3.05) is 13.1 Å². The minimum absolute atomic E-state index is 0.00530. The monoisotopic (exact) mass is 387 g/mol. The van der Waals surface area contributed by atoms with Crippen LogP contribution in [-0.4, -0.2) is 51.8 Å². The molecule has 0 unspecified atom stereocenters. The van der Waals surface area contributed by atoms with Gasteiger partial charge in [0.2, 0.25) is 5.91 Å². The Labute approximate surface area is 167 Å². The summed E-state index contributed by atoms with van der Waals surface area (Å²) in [5.41, 5.74) is -0.0142. The Morgan fingerprint density at radius 2 is 2.00 bits per heavy atom. The number of carbonyl (C=O) groups is 2. The molecule has 0 aromatic carbocycles. The summed E-state index contributed by atoms with van der Waals surface area (Å²) >= 11 is 0. The number of piperidine rings is 1. The molecule has 0 saturated carbocycles. The van der Waals surface area contributed by atoms with E-state index in [2.05, 4.69) is 23.7 Å². The summed E-state index contributed by atoms with van der Waals surface area (Å²) in [5.74, 6) is 1.35. The van der Waals surface area contributed by atoms with Crippen LogP contribution in [0.4, 0.5) is 0 Å². The van der Waals surface area contributed by atoms with Crippen molar-refractivity contribution in [1.29, 1.82) is 0 Å². The Kier molecular flexibility index (Phi) is 5.23. The average molecular weight is 388 g/mol. The maximum atomic E-state index is 13.8. The van der Waals surface area contributed by atoms with Crippen LogP contribution in [0.2, 0.25) is 0 Å². The standard InChI is InChI=1S/C22H33N3O3/c1-15(2)9-10-22(21(27)24-11-5-4-6-12-24)13-17-7-8-18(22)25(17)20(26)19-16(3)28-14-23-19/h14-15,17-18H,4-13H2,1-3H3/t17-,18+,22+/m1/s1. The normalized spacial score (nSPS) is 29.7. The quantitative estimate of drug-likeness (QED) is 0.771. The van der Waals surface area contributed by atoms with E-state index >= 15 is 0 Å². The number of nitrogens with zero attached hydrogens (tertiary/aromatic N) is 3. The lowest BCUT2D eigenvalue weighted by Gasteiger charge is -2.41. The lowest BCUT2D eigenvalue weighted by molar-refractivity contribution is -0.145. The highest BCUT2D eigenvalue weighted by molar-refractivity contribution is 5.95. The summed E-state index contributed by atoms with van der Waals surface area (Å²) in [6, 6.07) is 0.142. The number of rotatable bonds is 5. The van der Waals surface area contributed by atoms with Crippen LogP contribution < -0.4 is 0 Å². The Bertz CT molecular complexity index is 737. The first kappa shape index (κ1) is 19.5. The fraction of sp³-hybridized carbons (Fsp3) is 0.773. The topological polar surface area (TPSA) is 66.7 Å². The van der Waals surface area contributed by atoms with Crippen LogP contribution in [0, 0.1) is 18.3 Å². The summed E-state index contributed by atoms with van der Waals surface area (Å²) in [7, 11) is 0.